The van der Waals surface area contributed by atoms with Crippen LogP contribution >= 0.6 is 0 Å². The van der Waals surface area contributed by atoms with Gasteiger partial charge in [0.15, 0.2) is 5.41 Å². The number of hydrogen-bond donors (Lipinski definition) is 2. The summed E-state index contributed by atoms with van der Waals surface area (Å²) >= 11 is 0. The second kappa shape index (κ2) is 4.98. The molecular formula is C10H18O4. The molecule has 2 N–H and O–H groups in total. The molecule has 4 heteroatoms. The standard InChI is InChI=1S/C10H18O4/c1-4-7(3)6-10(5-2,8(11)12)9(13)14/h7H,4-6H2,1-3H3,(H,11,12)(H,13,14). The summed E-state index contributed by atoms with van der Waals surface area (Å²) in [5.41, 5.74) is -1.60. The van der Waals surface area contributed by atoms with Gasteiger partial charge in [0.25, 0.3) is 0 Å². The molecule has 0 amide bonds. The molecular weight excluding hydrogens is 184 g/mol. The normalized spacial score (nSPS) is 13.6. The quantitative estimate of drug-likeness (QED) is 0.646. The van der Waals surface area contributed by atoms with Crippen LogP contribution in [-0.4, -0.2) is 22.2 Å². The number of hydrogen-bond acceptors (Lipinski definition) is 2. The van der Waals surface area contributed by atoms with Crippen LogP contribution in [0.1, 0.15) is 40.0 Å². The van der Waals surface area contributed by atoms with E-state index in [1.807, 2.05) is 13.8 Å². The number of rotatable bonds is 6. The fourth-order valence-corrected chi connectivity index (χ4v) is 1.45. The monoisotopic (exact) mass is 202 g/mol. The molecule has 0 aliphatic heterocycles. The maximum atomic E-state index is 11.0. The Kier molecular flexibility index (Phi) is 4.60. The Bertz CT molecular complexity index is 208. The summed E-state index contributed by atoms with van der Waals surface area (Å²) in [5, 5.41) is 17.9. The molecule has 0 aromatic rings. The Morgan fingerprint density at radius 1 is 1.21 bits per heavy atom. The minimum absolute atomic E-state index is 0.113. The maximum absolute atomic E-state index is 11.0. The van der Waals surface area contributed by atoms with E-state index in [9.17, 15) is 9.59 Å². The van der Waals surface area contributed by atoms with Crippen LogP contribution in [0.5, 0.6) is 0 Å². The van der Waals surface area contributed by atoms with E-state index in [0.29, 0.717) is 0 Å². The topological polar surface area (TPSA) is 74.6 Å². The van der Waals surface area contributed by atoms with Gasteiger partial charge >= 0.3 is 11.9 Å². The average Bonchev–Trinajstić information content (AvgIpc) is 2.12. The first kappa shape index (κ1) is 12.9. The smallest absolute Gasteiger partial charge is 0.321 e. The lowest BCUT2D eigenvalue weighted by Gasteiger charge is -2.25. The minimum atomic E-state index is -1.60. The number of carboxylic acids is 2. The van der Waals surface area contributed by atoms with Gasteiger partial charge in [0, 0.05) is 0 Å². The Morgan fingerprint density at radius 3 is 1.86 bits per heavy atom. The number of carbonyl (C=O) groups is 2. The molecule has 82 valence electrons. The van der Waals surface area contributed by atoms with E-state index in [2.05, 4.69) is 0 Å². The minimum Gasteiger partial charge on any atom is -0.480 e. The van der Waals surface area contributed by atoms with Crippen molar-refractivity contribution in [3.05, 3.63) is 0 Å². The SMILES string of the molecule is CCC(C)CC(CC)(C(=O)O)C(=O)O. The van der Waals surface area contributed by atoms with Crippen LogP contribution in [0.3, 0.4) is 0 Å². The molecule has 0 aromatic carbocycles. The van der Waals surface area contributed by atoms with E-state index in [1.54, 1.807) is 6.92 Å². The zero-order valence-corrected chi connectivity index (χ0v) is 8.91. The molecule has 0 heterocycles. The fraction of sp³-hybridized carbons (Fsp3) is 0.800. The predicted molar refractivity (Wildman–Crippen MR) is 52.1 cm³/mol. The number of aliphatic carboxylic acids is 2. The van der Waals surface area contributed by atoms with Crippen molar-refractivity contribution in [1.29, 1.82) is 0 Å². The summed E-state index contributed by atoms with van der Waals surface area (Å²) in [7, 11) is 0. The van der Waals surface area contributed by atoms with E-state index in [1.165, 1.54) is 0 Å². The molecule has 0 bridgehead atoms. The van der Waals surface area contributed by atoms with Gasteiger partial charge in [-0.25, -0.2) is 0 Å². The molecule has 0 aliphatic rings. The molecule has 0 fully saturated rings. The van der Waals surface area contributed by atoms with Crippen LogP contribution in [0.25, 0.3) is 0 Å². The van der Waals surface area contributed by atoms with Crippen molar-refractivity contribution in [2.75, 3.05) is 0 Å². The Hall–Kier alpha value is -1.06. The van der Waals surface area contributed by atoms with Crippen LogP contribution in [-0.2, 0) is 9.59 Å². The van der Waals surface area contributed by atoms with Crippen LogP contribution < -0.4 is 0 Å². The van der Waals surface area contributed by atoms with Crippen LogP contribution in [0.15, 0.2) is 0 Å². The van der Waals surface area contributed by atoms with Gasteiger partial charge < -0.3 is 10.2 Å². The van der Waals surface area contributed by atoms with E-state index >= 15 is 0 Å². The van der Waals surface area contributed by atoms with E-state index < -0.39 is 17.4 Å². The van der Waals surface area contributed by atoms with Gasteiger partial charge in [-0.15, -0.1) is 0 Å². The second-order valence-electron chi connectivity index (χ2n) is 3.76. The van der Waals surface area contributed by atoms with Gasteiger partial charge in [-0.3, -0.25) is 9.59 Å². The summed E-state index contributed by atoms with van der Waals surface area (Å²) in [4.78, 5) is 21.9. The molecule has 0 aliphatic carbocycles. The van der Waals surface area contributed by atoms with E-state index in [4.69, 9.17) is 10.2 Å². The highest BCUT2D eigenvalue weighted by molar-refractivity contribution is 5.98. The summed E-state index contributed by atoms with van der Waals surface area (Å²) in [6, 6.07) is 0. The molecule has 14 heavy (non-hydrogen) atoms. The highest BCUT2D eigenvalue weighted by atomic mass is 16.4. The molecule has 0 rings (SSSR count). The van der Waals surface area contributed by atoms with Crippen LogP contribution in [0, 0.1) is 11.3 Å². The third-order valence-corrected chi connectivity index (χ3v) is 2.82. The van der Waals surface area contributed by atoms with Crippen molar-refractivity contribution >= 4 is 11.9 Å². The molecule has 0 saturated heterocycles. The first-order valence-electron chi connectivity index (χ1n) is 4.87. The maximum Gasteiger partial charge on any atom is 0.321 e. The summed E-state index contributed by atoms with van der Waals surface area (Å²) in [6.45, 7) is 5.40. The van der Waals surface area contributed by atoms with Crippen molar-refractivity contribution in [2.45, 2.75) is 40.0 Å². The number of carboxylic acid groups (broad SMARTS) is 2. The molecule has 1 atom stereocenters. The molecule has 0 radical (unpaired) electrons. The molecule has 0 spiro atoms. The highest BCUT2D eigenvalue weighted by Gasteiger charge is 2.45. The lowest BCUT2D eigenvalue weighted by atomic mass is 9.77. The lowest BCUT2D eigenvalue weighted by molar-refractivity contribution is -0.166. The predicted octanol–water partition coefficient (Wildman–Crippen LogP) is 1.99. The van der Waals surface area contributed by atoms with E-state index in [0.717, 1.165) is 6.42 Å². The molecule has 1 unspecified atom stereocenters. The average molecular weight is 202 g/mol. The van der Waals surface area contributed by atoms with Gasteiger partial charge in [0.05, 0.1) is 0 Å². The van der Waals surface area contributed by atoms with Crippen molar-refractivity contribution in [2.24, 2.45) is 11.3 Å². The third kappa shape index (κ3) is 2.47. The Morgan fingerprint density at radius 2 is 1.64 bits per heavy atom. The molecule has 0 saturated carbocycles. The molecule has 0 aromatic heterocycles. The lowest BCUT2D eigenvalue weighted by Crippen LogP contribution is -2.40. The molecule has 4 nitrogen and oxygen atoms in total. The zero-order valence-electron chi connectivity index (χ0n) is 8.91. The summed E-state index contributed by atoms with van der Waals surface area (Å²) in [6.07, 6.45) is 1.12. The first-order valence-corrected chi connectivity index (χ1v) is 4.87. The highest BCUT2D eigenvalue weighted by Crippen LogP contribution is 2.32. The first-order chi connectivity index (χ1) is 6.40. The summed E-state index contributed by atoms with van der Waals surface area (Å²) in [5.74, 6) is -2.34. The van der Waals surface area contributed by atoms with E-state index in [-0.39, 0.29) is 18.8 Å². The van der Waals surface area contributed by atoms with Crippen molar-refractivity contribution < 1.29 is 19.8 Å². The van der Waals surface area contributed by atoms with Crippen molar-refractivity contribution in [3.8, 4) is 0 Å². The van der Waals surface area contributed by atoms with Crippen LogP contribution in [0.4, 0.5) is 0 Å². The second-order valence-corrected chi connectivity index (χ2v) is 3.76. The van der Waals surface area contributed by atoms with Crippen molar-refractivity contribution in [1.82, 2.24) is 0 Å². The van der Waals surface area contributed by atoms with Crippen LogP contribution in [0.2, 0.25) is 0 Å². The van der Waals surface area contributed by atoms with Gasteiger partial charge in [-0.05, 0) is 18.8 Å². The van der Waals surface area contributed by atoms with Gasteiger partial charge in [-0.1, -0.05) is 27.2 Å². The third-order valence-electron chi connectivity index (χ3n) is 2.82. The zero-order chi connectivity index (χ0) is 11.4. The van der Waals surface area contributed by atoms with Crippen molar-refractivity contribution in [3.63, 3.8) is 0 Å². The Balaban J connectivity index is 4.86. The fourth-order valence-electron chi connectivity index (χ4n) is 1.45. The van der Waals surface area contributed by atoms with Gasteiger partial charge in [0.2, 0.25) is 0 Å². The van der Waals surface area contributed by atoms with Gasteiger partial charge in [-0.2, -0.15) is 0 Å². The Labute approximate surface area is 83.9 Å². The largest absolute Gasteiger partial charge is 0.480 e. The summed E-state index contributed by atoms with van der Waals surface area (Å²) < 4.78 is 0. The van der Waals surface area contributed by atoms with Gasteiger partial charge in [0.1, 0.15) is 0 Å².